The Morgan fingerprint density at radius 3 is 3.00 bits per heavy atom. The van der Waals surface area contributed by atoms with Crippen molar-refractivity contribution in [2.24, 2.45) is 0 Å². The lowest BCUT2D eigenvalue weighted by Gasteiger charge is -2.15. The van der Waals surface area contributed by atoms with E-state index in [9.17, 15) is 0 Å². The third-order valence-corrected chi connectivity index (χ3v) is 3.71. The van der Waals surface area contributed by atoms with E-state index in [2.05, 4.69) is 33.0 Å². The normalized spacial score (nSPS) is 12.9. The van der Waals surface area contributed by atoms with Crippen LogP contribution in [0.2, 0.25) is 0 Å². The van der Waals surface area contributed by atoms with Gasteiger partial charge >= 0.3 is 0 Å². The van der Waals surface area contributed by atoms with Gasteiger partial charge in [-0.05, 0) is 26.1 Å². The summed E-state index contributed by atoms with van der Waals surface area (Å²) in [5.74, 6) is 1.10. The van der Waals surface area contributed by atoms with E-state index >= 15 is 0 Å². The van der Waals surface area contributed by atoms with Crippen LogP contribution < -0.4 is 5.32 Å². The highest BCUT2D eigenvalue weighted by atomic mass is 15.2. The molecule has 0 aliphatic carbocycles. The van der Waals surface area contributed by atoms with Crippen molar-refractivity contribution in [1.29, 1.82) is 0 Å². The number of fused-ring (bicyclic) bond motifs is 1. The van der Waals surface area contributed by atoms with Crippen molar-refractivity contribution in [3.05, 3.63) is 54.4 Å². The van der Waals surface area contributed by atoms with Crippen LogP contribution >= 0.6 is 0 Å². The molecule has 1 N–H and O–H groups in total. The van der Waals surface area contributed by atoms with Crippen molar-refractivity contribution in [2.45, 2.75) is 25.9 Å². The monoisotopic (exact) mass is 269 g/mol. The second-order valence-corrected chi connectivity index (χ2v) is 4.81. The van der Waals surface area contributed by atoms with Crippen LogP contribution in [-0.2, 0) is 13.0 Å². The lowest BCUT2D eigenvalue weighted by atomic mass is 10.1. The maximum atomic E-state index is 4.46. The van der Waals surface area contributed by atoms with Crippen LogP contribution in [0.15, 0.2) is 43.0 Å². The van der Waals surface area contributed by atoms with E-state index in [1.807, 2.05) is 48.5 Å². The highest BCUT2D eigenvalue weighted by molar-refractivity contribution is 5.55. The number of pyridine rings is 1. The fourth-order valence-corrected chi connectivity index (χ4v) is 2.59. The molecule has 5 nitrogen and oxygen atoms in total. The fraction of sp³-hybridized carbons (Fsp3) is 0.333. The highest BCUT2D eigenvalue weighted by Gasteiger charge is 2.17. The standard InChI is InChI=1S/C15H19N5/c1-3-19-9-7-17-15(19)10-13(16-2)12-11-18-20-8-5-4-6-14(12)20/h4-9,11,13,16H,3,10H2,1-2H3. The summed E-state index contributed by atoms with van der Waals surface area (Å²) in [6.07, 6.45) is 8.65. The van der Waals surface area contributed by atoms with Gasteiger partial charge in [0.1, 0.15) is 5.82 Å². The van der Waals surface area contributed by atoms with Crippen LogP contribution in [0.5, 0.6) is 0 Å². The Kier molecular flexibility index (Phi) is 3.52. The molecule has 0 aliphatic heterocycles. The van der Waals surface area contributed by atoms with E-state index in [0.29, 0.717) is 0 Å². The second kappa shape index (κ2) is 5.46. The average molecular weight is 269 g/mol. The first-order chi connectivity index (χ1) is 9.83. The minimum atomic E-state index is 0.211. The van der Waals surface area contributed by atoms with Gasteiger partial charge in [0.25, 0.3) is 0 Å². The molecule has 3 rings (SSSR count). The molecule has 0 bridgehead atoms. The molecule has 104 valence electrons. The highest BCUT2D eigenvalue weighted by Crippen LogP contribution is 2.22. The summed E-state index contributed by atoms with van der Waals surface area (Å²) in [6.45, 7) is 3.08. The number of rotatable bonds is 5. The van der Waals surface area contributed by atoms with E-state index in [0.717, 1.165) is 24.3 Å². The Balaban J connectivity index is 1.94. The molecule has 0 aromatic carbocycles. The molecule has 1 unspecified atom stereocenters. The van der Waals surface area contributed by atoms with Gasteiger partial charge in [0.2, 0.25) is 0 Å². The number of aromatic nitrogens is 4. The Labute approximate surface area is 118 Å². The summed E-state index contributed by atoms with van der Waals surface area (Å²) < 4.78 is 4.09. The Morgan fingerprint density at radius 2 is 2.20 bits per heavy atom. The minimum Gasteiger partial charge on any atom is -0.335 e. The zero-order chi connectivity index (χ0) is 13.9. The number of likely N-dealkylation sites (N-methyl/N-ethyl adjacent to an activating group) is 1. The molecule has 0 amide bonds. The lowest BCUT2D eigenvalue weighted by Crippen LogP contribution is -2.20. The summed E-state index contributed by atoms with van der Waals surface area (Å²) in [4.78, 5) is 4.46. The summed E-state index contributed by atoms with van der Waals surface area (Å²) in [5.41, 5.74) is 2.35. The number of nitrogens with zero attached hydrogens (tertiary/aromatic N) is 4. The first-order valence-electron chi connectivity index (χ1n) is 6.93. The molecule has 20 heavy (non-hydrogen) atoms. The Morgan fingerprint density at radius 1 is 1.30 bits per heavy atom. The van der Waals surface area contributed by atoms with Gasteiger partial charge in [-0.3, -0.25) is 0 Å². The Hall–Kier alpha value is -2.14. The number of hydrogen-bond donors (Lipinski definition) is 1. The summed E-state index contributed by atoms with van der Waals surface area (Å²) in [5, 5.41) is 7.79. The molecule has 0 aliphatic rings. The summed E-state index contributed by atoms with van der Waals surface area (Å²) in [6, 6.07) is 6.34. The minimum absolute atomic E-state index is 0.211. The van der Waals surface area contributed by atoms with Gasteiger partial charge in [-0.25, -0.2) is 9.50 Å². The SMILES string of the molecule is CCn1ccnc1CC(NC)c1cnn2ccccc12. The third-order valence-electron chi connectivity index (χ3n) is 3.71. The average Bonchev–Trinajstić information content (AvgIpc) is 3.11. The molecule has 0 saturated heterocycles. The smallest absolute Gasteiger partial charge is 0.110 e. The number of hydrogen-bond acceptors (Lipinski definition) is 3. The summed E-state index contributed by atoms with van der Waals surface area (Å²) >= 11 is 0. The molecule has 1 atom stereocenters. The van der Waals surface area contributed by atoms with Gasteiger partial charge < -0.3 is 9.88 Å². The van der Waals surface area contributed by atoms with Gasteiger partial charge in [0.05, 0.1) is 11.7 Å². The van der Waals surface area contributed by atoms with Crippen LogP contribution in [0.3, 0.4) is 0 Å². The van der Waals surface area contributed by atoms with Crippen molar-refractivity contribution >= 4 is 5.52 Å². The van der Waals surface area contributed by atoms with Gasteiger partial charge in [0, 0.05) is 43.2 Å². The first kappa shape index (κ1) is 12.9. The zero-order valence-electron chi connectivity index (χ0n) is 11.8. The van der Waals surface area contributed by atoms with E-state index in [1.54, 1.807) is 0 Å². The van der Waals surface area contributed by atoms with Crippen LogP contribution in [0.25, 0.3) is 5.52 Å². The zero-order valence-corrected chi connectivity index (χ0v) is 11.8. The summed E-state index contributed by atoms with van der Waals surface area (Å²) in [7, 11) is 1.98. The molecule has 5 heteroatoms. The van der Waals surface area contributed by atoms with Crippen LogP contribution in [-0.4, -0.2) is 26.2 Å². The number of imidazole rings is 1. The fourth-order valence-electron chi connectivity index (χ4n) is 2.59. The van der Waals surface area contributed by atoms with E-state index in [-0.39, 0.29) is 6.04 Å². The van der Waals surface area contributed by atoms with Crippen molar-refractivity contribution in [3.8, 4) is 0 Å². The van der Waals surface area contributed by atoms with Crippen molar-refractivity contribution in [2.75, 3.05) is 7.05 Å². The molecule has 3 heterocycles. The molecule has 0 radical (unpaired) electrons. The van der Waals surface area contributed by atoms with Gasteiger partial charge in [-0.15, -0.1) is 0 Å². The van der Waals surface area contributed by atoms with Crippen molar-refractivity contribution in [1.82, 2.24) is 24.5 Å². The maximum Gasteiger partial charge on any atom is 0.110 e. The van der Waals surface area contributed by atoms with Gasteiger partial charge in [-0.1, -0.05) is 6.07 Å². The third kappa shape index (κ3) is 2.20. The predicted octanol–water partition coefficient (Wildman–Crippen LogP) is 2.05. The molecule has 3 aromatic heterocycles. The molecule has 0 saturated carbocycles. The maximum absolute atomic E-state index is 4.46. The van der Waals surface area contributed by atoms with Crippen LogP contribution in [0.1, 0.15) is 24.4 Å². The largest absolute Gasteiger partial charge is 0.335 e. The molecular weight excluding hydrogens is 250 g/mol. The quantitative estimate of drug-likeness (QED) is 0.771. The number of nitrogens with one attached hydrogen (secondary N) is 1. The topological polar surface area (TPSA) is 47.2 Å². The number of aryl methyl sites for hydroxylation is 1. The van der Waals surface area contributed by atoms with Crippen LogP contribution in [0, 0.1) is 0 Å². The molecule has 3 aromatic rings. The van der Waals surface area contributed by atoms with Crippen LogP contribution in [0.4, 0.5) is 0 Å². The van der Waals surface area contributed by atoms with Gasteiger partial charge in [-0.2, -0.15) is 5.10 Å². The first-order valence-corrected chi connectivity index (χ1v) is 6.93. The molecular formula is C15H19N5. The van der Waals surface area contributed by atoms with Crippen molar-refractivity contribution in [3.63, 3.8) is 0 Å². The van der Waals surface area contributed by atoms with E-state index in [4.69, 9.17) is 0 Å². The molecule has 0 spiro atoms. The predicted molar refractivity (Wildman–Crippen MR) is 78.6 cm³/mol. The lowest BCUT2D eigenvalue weighted by molar-refractivity contribution is 0.556. The van der Waals surface area contributed by atoms with E-state index < -0.39 is 0 Å². The Bertz CT molecular complexity index is 697. The van der Waals surface area contributed by atoms with Gasteiger partial charge in [0.15, 0.2) is 0 Å². The van der Waals surface area contributed by atoms with E-state index in [1.165, 1.54) is 5.56 Å². The van der Waals surface area contributed by atoms with Crippen molar-refractivity contribution < 1.29 is 0 Å². The second-order valence-electron chi connectivity index (χ2n) is 4.81. The molecule has 0 fully saturated rings.